The summed E-state index contributed by atoms with van der Waals surface area (Å²) in [5.41, 5.74) is 9.01. The predicted octanol–water partition coefficient (Wildman–Crippen LogP) is 5.26. The number of nitrogen functional groups attached to an aromatic ring is 2. The van der Waals surface area contributed by atoms with Crippen LogP contribution < -0.4 is 11.5 Å². The summed E-state index contributed by atoms with van der Waals surface area (Å²) in [6.07, 6.45) is 4.02. The molecule has 0 atom stereocenters. The average molecular weight is 668 g/mol. The topological polar surface area (TPSA) is 351 Å². The molecule has 0 spiro atoms. The van der Waals surface area contributed by atoms with Gasteiger partial charge in [-0.2, -0.15) is 0 Å². The molecule has 22 heteroatoms. The van der Waals surface area contributed by atoms with Crippen molar-refractivity contribution in [1.29, 1.82) is 0 Å². The van der Waals surface area contributed by atoms with Crippen molar-refractivity contribution in [3.05, 3.63) is 145 Å². The smallest absolute Gasteiger partial charge is 0.324 e. The van der Waals surface area contributed by atoms with E-state index in [4.69, 9.17) is 21.7 Å². The molecule has 0 saturated carbocycles. The Bertz CT molecular complexity index is 1790. The number of hydrogen-bond acceptors (Lipinski definition) is 16. The Labute approximate surface area is 265 Å². The Balaban J connectivity index is 0.000000250. The molecule has 0 aliphatic rings. The van der Waals surface area contributed by atoms with Crippen molar-refractivity contribution in [3.8, 4) is 11.5 Å². The molecule has 0 bridgehead atoms. The van der Waals surface area contributed by atoms with E-state index in [1.807, 2.05) is 54.6 Å². The molecule has 22 nitrogen and oxygen atoms in total. The lowest BCUT2D eigenvalue weighted by Gasteiger charge is -2.01. The van der Waals surface area contributed by atoms with Crippen LogP contribution in [0.3, 0.4) is 0 Å². The molecule has 0 aromatic heterocycles. The number of nitrogens with two attached hydrogens (primary N) is 2. The molecule has 0 unspecified atom stereocenters. The number of aromatic hydroxyl groups is 2. The summed E-state index contributed by atoms with van der Waals surface area (Å²) in [6, 6.07) is 17.4. The lowest BCUT2D eigenvalue weighted by atomic mass is 10.1. The molecule has 0 amide bonds. The maximum Gasteiger partial charge on any atom is 0.324 e. The first-order valence-electron chi connectivity index (χ1n) is 12.4. The van der Waals surface area contributed by atoms with Gasteiger partial charge in [-0.25, -0.2) is 0 Å². The van der Waals surface area contributed by atoms with Gasteiger partial charge >= 0.3 is 22.7 Å². The molecule has 0 fully saturated rings. The number of nitrogens with zero attached hydrogens (tertiary/aromatic N) is 6. The van der Waals surface area contributed by atoms with Gasteiger partial charge in [-0.05, 0) is 23.3 Å². The molecule has 0 heterocycles. The van der Waals surface area contributed by atoms with E-state index >= 15 is 0 Å². The predicted molar refractivity (Wildman–Crippen MR) is 167 cm³/mol. The van der Waals surface area contributed by atoms with Crippen LogP contribution in [0.4, 0.5) is 45.5 Å². The zero-order valence-electron chi connectivity index (χ0n) is 23.7. The van der Waals surface area contributed by atoms with Crippen molar-refractivity contribution in [2.45, 2.75) is 0 Å². The highest BCUT2D eigenvalue weighted by molar-refractivity contribution is 5.77. The Morgan fingerprint density at radius 3 is 1.19 bits per heavy atom. The summed E-state index contributed by atoms with van der Waals surface area (Å²) in [4.78, 5) is 55.5. The van der Waals surface area contributed by atoms with Gasteiger partial charge in [0, 0.05) is 11.4 Å². The van der Waals surface area contributed by atoms with E-state index in [0.717, 1.165) is 11.1 Å². The molecule has 4 aromatic rings. The molecule has 0 saturated heterocycles. The monoisotopic (exact) mass is 668 g/mol. The van der Waals surface area contributed by atoms with Crippen LogP contribution in [-0.2, 0) is 0 Å². The van der Waals surface area contributed by atoms with Crippen LogP contribution in [0, 0.1) is 60.7 Å². The molecule has 6 N–H and O–H groups in total. The van der Waals surface area contributed by atoms with Gasteiger partial charge in [0.15, 0.2) is 0 Å². The number of hydrogen-bond donors (Lipinski definition) is 4. The van der Waals surface area contributed by atoms with Gasteiger partial charge in [0.2, 0.25) is 0 Å². The molecule has 0 aliphatic heterocycles. The molecule has 48 heavy (non-hydrogen) atoms. The summed E-state index contributed by atoms with van der Waals surface area (Å²) in [5.74, 6) is -2.42. The van der Waals surface area contributed by atoms with Crippen molar-refractivity contribution in [2.75, 3.05) is 11.5 Å². The highest BCUT2D eigenvalue weighted by atomic mass is 16.7. The Morgan fingerprint density at radius 1 is 0.500 bits per heavy atom. The Morgan fingerprint density at radius 2 is 0.875 bits per heavy atom. The fraction of sp³-hybridized carbons (Fsp3) is 0. The number of benzene rings is 4. The lowest BCUT2D eigenvalue weighted by Crippen LogP contribution is -1.97. The maximum atomic E-state index is 10.4. The van der Waals surface area contributed by atoms with Crippen molar-refractivity contribution in [1.82, 2.24) is 0 Å². The van der Waals surface area contributed by atoms with Crippen molar-refractivity contribution in [3.63, 3.8) is 0 Å². The SMILES string of the molecule is Nc1ccc(/C=C/c2ccccc2)c(N)c1.O=[N+]([O-])c1cc([N+](=O)[O-])c(O)c([N+](=O)[O-])c1.O=[N+]([O-])c1cc([N+](=O)[O-])c(O)c([N+](=O)[O-])c1. The summed E-state index contributed by atoms with van der Waals surface area (Å²) in [7, 11) is 0. The van der Waals surface area contributed by atoms with Gasteiger partial charge in [-0.3, -0.25) is 60.7 Å². The van der Waals surface area contributed by atoms with E-state index in [9.17, 15) is 60.7 Å². The van der Waals surface area contributed by atoms with Gasteiger partial charge in [-0.1, -0.05) is 48.6 Å². The van der Waals surface area contributed by atoms with Crippen LogP contribution in [0.15, 0.2) is 72.8 Å². The molecular formula is C26H20N8O14. The van der Waals surface area contributed by atoms with Crippen LogP contribution in [0.25, 0.3) is 12.2 Å². The maximum absolute atomic E-state index is 10.4. The van der Waals surface area contributed by atoms with Crippen LogP contribution in [0.1, 0.15) is 11.1 Å². The van der Waals surface area contributed by atoms with Gasteiger partial charge in [0.25, 0.3) is 22.9 Å². The largest absolute Gasteiger partial charge is 0.497 e. The molecule has 4 aromatic carbocycles. The van der Waals surface area contributed by atoms with Gasteiger partial charge < -0.3 is 21.7 Å². The highest BCUT2D eigenvalue weighted by Gasteiger charge is 2.31. The number of non-ortho nitro benzene ring substituents is 2. The second-order valence-corrected chi connectivity index (χ2v) is 8.84. The highest BCUT2D eigenvalue weighted by Crippen LogP contribution is 2.40. The summed E-state index contributed by atoms with van der Waals surface area (Å²) >= 11 is 0. The van der Waals surface area contributed by atoms with E-state index in [2.05, 4.69) is 0 Å². The van der Waals surface area contributed by atoms with E-state index in [-0.39, 0.29) is 0 Å². The minimum Gasteiger partial charge on any atom is -0.497 e. The summed E-state index contributed by atoms with van der Waals surface area (Å²) in [6.45, 7) is 0. The van der Waals surface area contributed by atoms with Gasteiger partial charge in [0.05, 0.1) is 53.8 Å². The van der Waals surface area contributed by atoms with Crippen LogP contribution in [-0.4, -0.2) is 39.8 Å². The van der Waals surface area contributed by atoms with Crippen molar-refractivity contribution < 1.29 is 39.8 Å². The number of phenols is 2. The molecule has 4 rings (SSSR count). The minimum atomic E-state index is -1.21. The number of rotatable bonds is 8. The van der Waals surface area contributed by atoms with Crippen LogP contribution in [0.2, 0.25) is 0 Å². The Hall–Kier alpha value is -7.78. The molecule has 248 valence electrons. The first kappa shape index (κ1) is 36.4. The first-order valence-corrected chi connectivity index (χ1v) is 12.4. The fourth-order valence-electron chi connectivity index (χ4n) is 3.44. The van der Waals surface area contributed by atoms with Crippen molar-refractivity contribution >= 4 is 57.7 Å². The van der Waals surface area contributed by atoms with Crippen molar-refractivity contribution in [2.24, 2.45) is 0 Å². The first-order chi connectivity index (χ1) is 22.4. The number of anilines is 2. The number of phenolic OH excluding ortho intramolecular Hbond substituents is 2. The van der Waals surface area contributed by atoms with E-state index in [0.29, 0.717) is 35.6 Å². The normalized spacial score (nSPS) is 10.1. The number of nitro benzene ring substituents is 6. The summed E-state index contributed by atoms with van der Waals surface area (Å²) in [5, 5.41) is 80.4. The third-order valence-corrected chi connectivity index (χ3v) is 5.68. The second kappa shape index (κ2) is 15.8. The van der Waals surface area contributed by atoms with Crippen LogP contribution in [0.5, 0.6) is 11.5 Å². The number of nitro groups is 6. The van der Waals surface area contributed by atoms with E-state index < -0.39 is 75.2 Å². The minimum absolute atomic E-state index is 0.447. The molecule has 0 radical (unpaired) electrons. The summed E-state index contributed by atoms with van der Waals surface area (Å²) < 4.78 is 0. The average Bonchev–Trinajstić information content (AvgIpc) is 3.01. The van der Waals surface area contributed by atoms with Gasteiger partial charge in [-0.15, -0.1) is 0 Å². The third-order valence-electron chi connectivity index (χ3n) is 5.68. The molecular weight excluding hydrogens is 648 g/mol. The lowest BCUT2D eigenvalue weighted by molar-refractivity contribution is -0.404. The van der Waals surface area contributed by atoms with E-state index in [1.165, 1.54) is 0 Å². The zero-order valence-corrected chi connectivity index (χ0v) is 23.7. The quantitative estimate of drug-likeness (QED) is 0.0804. The Kier molecular flexibility index (Phi) is 12.0. The molecule has 0 aliphatic carbocycles. The standard InChI is InChI=1S/C14H14N2.2C6H3N3O7/c15-13-9-8-12(14(16)10-13)7-6-11-4-2-1-3-5-11;2*10-6-4(8(13)14)1-3(7(11)12)2-5(6)9(15)16/h1-10H,15-16H2;2*1-2,10H/b7-6+;;. The third kappa shape index (κ3) is 9.61. The van der Waals surface area contributed by atoms with Crippen LogP contribution >= 0.6 is 0 Å². The van der Waals surface area contributed by atoms with E-state index in [1.54, 1.807) is 6.07 Å². The zero-order chi connectivity index (χ0) is 36.3. The van der Waals surface area contributed by atoms with Gasteiger partial charge in [0.1, 0.15) is 0 Å². The fourth-order valence-corrected chi connectivity index (χ4v) is 3.44. The second-order valence-electron chi connectivity index (χ2n) is 8.84.